The second-order valence-electron chi connectivity index (χ2n) is 9.46. The number of halogens is 1. The molecule has 0 radical (unpaired) electrons. The highest BCUT2D eigenvalue weighted by Gasteiger charge is 2.31. The molecule has 0 unspecified atom stereocenters. The lowest BCUT2D eigenvalue weighted by atomic mass is 10.1. The van der Waals surface area contributed by atoms with Crippen molar-refractivity contribution in [3.63, 3.8) is 0 Å². The van der Waals surface area contributed by atoms with Gasteiger partial charge >= 0.3 is 0 Å². The second kappa shape index (κ2) is 11.4. The van der Waals surface area contributed by atoms with Crippen LogP contribution < -0.4 is 4.90 Å². The molecular formula is C27H32FN5O3S. The molecule has 3 aromatic rings. The number of carbonyl (C=O) groups excluding carboxylic acids is 1. The number of carbonyl (C=O) groups is 1. The first kappa shape index (κ1) is 26.7. The molecule has 1 aliphatic rings. The maximum Gasteiger partial charge on any atom is 0.243 e. The summed E-state index contributed by atoms with van der Waals surface area (Å²) in [5, 5.41) is 8.64. The molecule has 1 aromatic heterocycles. The third kappa shape index (κ3) is 6.31. The lowest BCUT2D eigenvalue weighted by Crippen LogP contribution is -2.46. The van der Waals surface area contributed by atoms with E-state index in [4.69, 9.17) is 0 Å². The van der Waals surface area contributed by atoms with Crippen LogP contribution in [0.3, 0.4) is 0 Å². The van der Waals surface area contributed by atoms with Gasteiger partial charge < -0.3 is 9.80 Å². The van der Waals surface area contributed by atoms with Gasteiger partial charge in [-0.25, -0.2) is 12.8 Å². The van der Waals surface area contributed by atoms with Gasteiger partial charge in [0.25, 0.3) is 0 Å². The summed E-state index contributed by atoms with van der Waals surface area (Å²) in [7, 11) is -3.81. The summed E-state index contributed by atoms with van der Waals surface area (Å²) in [5.41, 5.74) is 2.40. The Morgan fingerprint density at radius 1 is 0.946 bits per heavy atom. The lowest BCUT2D eigenvalue weighted by molar-refractivity contribution is -0.131. The number of nitrogens with zero attached hydrogens (tertiary/aromatic N) is 5. The zero-order chi connectivity index (χ0) is 26.6. The Balaban J connectivity index is 1.41. The summed E-state index contributed by atoms with van der Waals surface area (Å²) in [6, 6.07) is 16.1. The lowest BCUT2D eigenvalue weighted by Gasteiger charge is -2.29. The van der Waals surface area contributed by atoms with Gasteiger partial charge in [0.05, 0.1) is 17.1 Å². The molecule has 0 N–H and O–H groups in total. The van der Waals surface area contributed by atoms with E-state index >= 15 is 0 Å². The van der Waals surface area contributed by atoms with Gasteiger partial charge in [0.15, 0.2) is 5.82 Å². The van der Waals surface area contributed by atoms with Gasteiger partial charge in [0, 0.05) is 37.8 Å². The summed E-state index contributed by atoms with van der Waals surface area (Å²) in [4.78, 5) is 17.2. The zero-order valence-electron chi connectivity index (χ0n) is 21.3. The van der Waals surface area contributed by atoms with Crippen molar-refractivity contribution in [2.45, 2.75) is 38.1 Å². The second-order valence-corrected chi connectivity index (χ2v) is 11.4. The molecule has 1 fully saturated rings. The minimum Gasteiger partial charge on any atom is -0.353 e. The molecule has 8 nitrogen and oxygen atoms in total. The van der Waals surface area contributed by atoms with E-state index in [0.29, 0.717) is 37.7 Å². The summed E-state index contributed by atoms with van der Waals surface area (Å²) in [6.07, 6.45) is 0.722. The Morgan fingerprint density at radius 2 is 1.65 bits per heavy atom. The molecule has 4 rings (SSSR count). The van der Waals surface area contributed by atoms with Gasteiger partial charge in [-0.05, 0) is 75.7 Å². The number of aromatic nitrogens is 2. The van der Waals surface area contributed by atoms with Gasteiger partial charge in [-0.2, -0.15) is 4.31 Å². The van der Waals surface area contributed by atoms with Crippen molar-refractivity contribution in [3.8, 4) is 11.3 Å². The number of hydrogen-bond donors (Lipinski definition) is 0. The molecular weight excluding hydrogens is 493 g/mol. The first-order chi connectivity index (χ1) is 17.6. The molecule has 0 aliphatic carbocycles. The third-order valence-corrected chi connectivity index (χ3v) is 8.49. The van der Waals surface area contributed by atoms with E-state index < -0.39 is 10.0 Å². The van der Waals surface area contributed by atoms with Crippen LogP contribution in [0.25, 0.3) is 11.3 Å². The van der Waals surface area contributed by atoms with Crippen molar-refractivity contribution in [1.82, 2.24) is 19.4 Å². The standard InChI is InChI=1S/C27H32FN5O3S/c1-20(2)33(37(35,36)24-11-5-21(3)6-12-24)19-27(34)32-16-4-15-31(17-18-32)26-14-13-25(29-30-26)22-7-9-23(28)10-8-22/h5-14,20H,4,15-19H2,1-3H3. The van der Waals surface area contributed by atoms with E-state index in [-0.39, 0.29) is 29.2 Å². The summed E-state index contributed by atoms with van der Waals surface area (Å²) in [6.45, 7) is 7.49. The van der Waals surface area contributed by atoms with Crippen LogP contribution in [0.5, 0.6) is 0 Å². The maximum absolute atomic E-state index is 13.3. The number of benzene rings is 2. The zero-order valence-corrected chi connectivity index (χ0v) is 22.2. The predicted molar refractivity (Wildman–Crippen MR) is 141 cm³/mol. The van der Waals surface area contributed by atoms with Gasteiger partial charge in [-0.3, -0.25) is 4.79 Å². The molecule has 37 heavy (non-hydrogen) atoms. The molecule has 0 bridgehead atoms. The fourth-order valence-electron chi connectivity index (χ4n) is 4.29. The number of aryl methyl sites for hydroxylation is 1. The highest BCUT2D eigenvalue weighted by Crippen LogP contribution is 2.21. The number of anilines is 1. The molecule has 2 heterocycles. The Morgan fingerprint density at radius 3 is 2.27 bits per heavy atom. The first-order valence-corrected chi connectivity index (χ1v) is 13.8. The van der Waals surface area contributed by atoms with Crippen LogP contribution in [0.2, 0.25) is 0 Å². The van der Waals surface area contributed by atoms with Gasteiger partial charge in [0.2, 0.25) is 15.9 Å². The Hall–Kier alpha value is -3.37. The molecule has 0 atom stereocenters. The largest absolute Gasteiger partial charge is 0.353 e. The number of sulfonamides is 1. The van der Waals surface area contributed by atoms with Crippen LogP contribution in [0.4, 0.5) is 10.2 Å². The van der Waals surface area contributed by atoms with E-state index in [0.717, 1.165) is 17.5 Å². The molecule has 1 aliphatic heterocycles. The van der Waals surface area contributed by atoms with Crippen LogP contribution in [0.15, 0.2) is 65.6 Å². The third-order valence-electron chi connectivity index (χ3n) is 6.46. The minimum absolute atomic E-state index is 0.185. The molecule has 196 valence electrons. The SMILES string of the molecule is Cc1ccc(S(=O)(=O)N(CC(=O)N2CCCN(c3ccc(-c4ccc(F)cc4)nn3)CC2)C(C)C)cc1. The normalized spacial score (nSPS) is 14.8. The summed E-state index contributed by atoms with van der Waals surface area (Å²) in [5.74, 6) is 0.177. The van der Waals surface area contributed by atoms with Crippen LogP contribution in [-0.2, 0) is 14.8 Å². The Kier molecular flexibility index (Phi) is 8.19. The van der Waals surface area contributed by atoms with Crippen LogP contribution in [0, 0.1) is 12.7 Å². The average Bonchev–Trinajstić information content (AvgIpc) is 3.14. The molecule has 1 saturated heterocycles. The van der Waals surface area contributed by atoms with E-state index in [9.17, 15) is 17.6 Å². The fourth-order valence-corrected chi connectivity index (χ4v) is 5.87. The quantitative estimate of drug-likeness (QED) is 0.467. The summed E-state index contributed by atoms with van der Waals surface area (Å²) >= 11 is 0. The van der Waals surface area contributed by atoms with Crippen molar-refractivity contribution in [3.05, 3.63) is 72.0 Å². The van der Waals surface area contributed by atoms with Gasteiger partial charge in [-0.15, -0.1) is 10.2 Å². The van der Waals surface area contributed by atoms with E-state index in [1.807, 2.05) is 19.1 Å². The molecule has 0 spiro atoms. The van der Waals surface area contributed by atoms with Gasteiger partial charge in [0.1, 0.15) is 5.82 Å². The van der Waals surface area contributed by atoms with Crippen LogP contribution in [-0.4, -0.2) is 72.5 Å². The topological polar surface area (TPSA) is 86.7 Å². The van der Waals surface area contributed by atoms with Crippen molar-refractivity contribution in [1.29, 1.82) is 0 Å². The van der Waals surface area contributed by atoms with E-state index in [2.05, 4.69) is 15.1 Å². The Bertz CT molecular complexity index is 1310. The minimum atomic E-state index is -3.81. The predicted octanol–water partition coefficient (Wildman–Crippen LogP) is 3.73. The van der Waals surface area contributed by atoms with Crippen molar-refractivity contribution in [2.24, 2.45) is 0 Å². The highest BCUT2D eigenvalue weighted by atomic mass is 32.2. The van der Waals surface area contributed by atoms with E-state index in [1.165, 1.54) is 16.4 Å². The van der Waals surface area contributed by atoms with E-state index in [1.54, 1.807) is 55.1 Å². The summed E-state index contributed by atoms with van der Waals surface area (Å²) < 4.78 is 41.0. The molecule has 10 heteroatoms. The molecule has 2 aromatic carbocycles. The maximum atomic E-state index is 13.3. The fraction of sp³-hybridized carbons (Fsp3) is 0.370. The monoisotopic (exact) mass is 525 g/mol. The number of hydrogen-bond acceptors (Lipinski definition) is 6. The smallest absolute Gasteiger partial charge is 0.243 e. The molecule has 0 saturated carbocycles. The van der Waals surface area contributed by atoms with Crippen molar-refractivity contribution < 1.29 is 17.6 Å². The van der Waals surface area contributed by atoms with Crippen LogP contribution >= 0.6 is 0 Å². The Labute approximate surface area is 217 Å². The number of rotatable bonds is 7. The van der Waals surface area contributed by atoms with Gasteiger partial charge in [-0.1, -0.05) is 17.7 Å². The number of amides is 1. The molecule has 1 amide bonds. The average molecular weight is 526 g/mol. The van der Waals surface area contributed by atoms with Crippen molar-refractivity contribution in [2.75, 3.05) is 37.6 Å². The van der Waals surface area contributed by atoms with Crippen LogP contribution in [0.1, 0.15) is 25.8 Å². The van der Waals surface area contributed by atoms with Crippen molar-refractivity contribution >= 4 is 21.7 Å². The highest BCUT2D eigenvalue weighted by molar-refractivity contribution is 7.89. The first-order valence-electron chi connectivity index (χ1n) is 12.4.